The summed E-state index contributed by atoms with van der Waals surface area (Å²) in [6.07, 6.45) is -1.02. The molecule has 0 unspecified atom stereocenters. The van der Waals surface area contributed by atoms with Crippen molar-refractivity contribution in [1.82, 2.24) is 10.1 Å². The van der Waals surface area contributed by atoms with E-state index in [1.54, 1.807) is 18.2 Å². The monoisotopic (exact) mass is 390 g/mol. The predicted molar refractivity (Wildman–Crippen MR) is 96.6 cm³/mol. The minimum Gasteiger partial charge on any atom is -0.493 e. The van der Waals surface area contributed by atoms with Crippen LogP contribution in [0.15, 0.2) is 22.7 Å². The fourth-order valence-electron chi connectivity index (χ4n) is 2.94. The summed E-state index contributed by atoms with van der Waals surface area (Å²) in [5.74, 6) is 0.192. The number of benzene rings is 1. The topological polar surface area (TPSA) is 111 Å². The zero-order valence-corrected chi connectivity index (χ0v) is 15.9. The van der Waals surface area contributed by atoms with Gasteiger partial charge < -0.3 is 28.7 Å². The number of carbonyl (C=O) groups excluding carboxylic acids is 1. The van der Waals surface area contributed by atoms with Gasteiger partial charge in [0.1, 0.15) is 12.4 Å². The van der Waals surface area contributed by atoms with Crippen molar-refractivity contribution in [1.29, 1.82) is 0 Å². The molecule has 0 saturated carbocycles. The molecule has 1 aromatic heterocycles. The summed E-state index contributed by atoms with van der Waals surface area (Å²) < 4.78 is 21.5. The van der Waals surface area contributed by atoms with E-state index in [9.17, 15) is 9.59 Å². The molecule has 1 N–H and O–H groups in total. The van der Waals surface area contributed by atoms with Gasteiger partial charge in [-0.25, -0.2) is 4.79 Å². The lowest BCUT2D eigenvalue weighted by Gasteiger charge is -2.31. The fourth-order valence-corrected chi connectivity index (χ4v) is 2.94. The first-order valence-corrected chi connectivity index (χ1v) is 8.77. The van der Waals surface area contributed by atoms with Gasteiger partial charge in [0.2, 0.25) is 0 Å². The number of carboxylic acid groups (broad SMARTS) is 1. The third kappa shape index (κ3) is 4.09. The van der Waals surface area contributed by atoms with Crippen molar-refractivity contribution in [3.8, 4) is 11.5 Å². The van der Waals surface area contributed by atoms with Crippen molar-refractivity contribution in [3.63, 3.8) is 0 Å². The molecule has 9 heteroatoms. The van der Waals surface area contributed by atoms with Gasteiger partial charge in [-0.05, 0) is 32.0 Å². The maximum absolute atomic E-state index is 12.7. The van der Waals surface area contributed by atoms with Gasteiger partial charge in [0.05, 0.1) is 31.5 Å². The van der Waals surface area contributed by atoms with Crippen LogP contribution in [-0.2, 0) is 16.1 Å². The van der Waals surface area contributed by atoms with Crippen molar-refractivity contribution < 1.29 is 33.4 Å². The minimum atomic E-state index is -1.09. The van der Waals surface area contributed by atoms with Crippen LogP contribution in [0.2, 0.25) is 0 Å². The summed E-state index contributed by atoms with van der Waals surface area (Å²) in [6.45, 7) is 4.41. The molecule has 0 radical (unpaired) electrons. The second-order valence-corrected chi connectivity index (χ2v) is 6.41. The van der Waals surface area contributed by atoms with Crippen LogP contribution in [0.25, 0.3) is 0 Å². The van der Waals surface area contributed by atoms with E-state index in [0.717, 1.165) is 11.3 Å². The maximum Gasteiger partial charge on any atom is 0.334 e. The fraction of sp³-hybridized carbons (Fsp3) is 0.421. The van der Waals surface area contributed by atoms with Crippen molar-refractivity contribution in [2.45, 2.75) is 26.6 Å². The van der Waals surface area contributed by atoms with Crippen molar-refractivity contribution in [3.05, 3.63) is 40.8 Å². The maximum atomic E-state index is 12.7. The predicted octanol–water partition coefficient (Wildman–Crippen LogP) is 1.80. The van der Waals surface area contributed by atoms with Gasteiger partial charge >= 0.3 is 5.97 Å². The van der Waals surface area contributed by atoms with Crippen LogP contribution in [0.5, 0.6) is 11.5 Å². The molecule has 0 aliphatic carbocycles. The summed E-state index contributed by atoms with van der Waals surface area (Å²) in [6, 6.07) is 4.86. The van der Waals surface area contributed by atoms with Gasteiger partial charge in [0.25, 0.3) is 5.91 Å². The Kier molecular flexibility index (Phi) is 5.84. The van der Waals surface area contributed by atoms with E-state index in [1.165, 1.54) is 12.0 Å². The molecule has 2 aromatic rings. The smallest absolute Gasteiger partial charge is 0.334 e. The lowest BCUT2D eigenvalue weighted by molar-refractivity contribution is -0.154. The standard InChI is InChI=1S/C19H22N2O7/c1-11-14(12(2)28-20-11)10-27-15-5-4-13(8-16(15)25-3)18(22)21-6-7-26-17(9-21)19(23)24/h4-5,8,17H,6-7,9-10H2,1-3H3,(H,23,24)/t17-/m1/s1. The first-order valence-electron chi connectivity index (χ1n) is 8.77. The van der Waals surface area contributed by atoms with E-state index in [2.05, 4.69) is 5.16 Å². The highest BCUT2D eigenvalue weighted by Crippen LogP contribution is 2.30. The molecule has 1 amide bonds. The third-order valence-electron chi connectivity index (χ3n) is 4.59. The molecule has 1 atom stereocenters. The van der Waals surface area contributed by atoms with Crippen LogP contribution in [0.4, 0.5) is 0 Å². The SMILES string of the molecule is COc1cc(C(=O)N2CCO[C@@H](C(=O)O)C2)ccc1OCc1c(C)noc1C. The molecule has 3 rings (SSSR count). The lowest BCUT2D eigenvalue weighted by atomic mass is 10.1. The second kappa shape index (κ2) is 8.30. The van der Waals surface area contributed by atoms with E-state index >= 15 is 0 Å². The number of aryl methyl sites for hydroxylation is 2. The number of rotatable bonds is 6. The Hall–Kier alpha value is -3.07. The molecular weight excluding hydrogens is 368 g/mol. The molecule has 0 spiro atoms. The molecule has 1 saturated heterocycles. The molecule has 150 valence electrons. The normalized spacial score (nSPS) is 16.7. The largest absolute Gasteiger partial charge is 0.493 e. The van der Waals surface area contributed by atoms with Gasteiger partial charge in [-0.3, -0.25) is 4.79 Å². The first kappa shape index (κ1) is 19.7. The summed E-state index contributed by atoms with van der Waals surface area (Å²) >= 11 is 0. The Labute approximate surface area is 161 Å². The molecule has 1 aliphatic rings. The Balaban J connectivity index is 1.73. The van der Waals surface area contributed by atoms with E-state index < -0.39 is 12.1 Å². The zero-order chi connectivity index (χ0) is 20.3. The number of carbonyl (C=O) groups is 2. The van der Waals surface area contributed by atoms with Crippen LogP contribution in [0.3, 0.4) is 0 Å². The highest BCUT2D eigenvalue weighted by atomic mass is 16.5. The van der Waals surface area contributed by atoms with Crippen LogP contribution in [-0.4, -0.2) is 59.9 Å². The molecule has 28 heavy (non-hydrogen) atoms. The number of hydrogen-bond acceptors (Lipinski definition) is 7. The van der Waals surface area contributed by atoms with Crippen molar-refractivity contribution in [2.75, 3.05) is 26.8 Å². The van der Waals surface area contributed by atoms with Crippen LogP contribution < -0.4 is 9.47 Å². The van der Waals surface area contributed by atoms with Crippen LogP contribution >= 0.6 is 0 Å². The molecule has 1 aliphatic heterocycles. The van der Waals surface area contributed by atoms with Crippen LogP contribution in [0, 0.1) is 13.8 Å². The second-order valence-electron chi connectivity index (χ2n) is 6.41. The number of methoxy groups -OCH3 is 1. The third-order valence-corrected chi connectivity index (χ3v) is 4.59. The number of aromatic nitrogens is 1. The van der Waals surface area contributed by atoms with Crippen LogP contribution in [0.1, 0.15) is 27.4 Å². The van der Waals surface area contributed by atoms with Gasteiger partial charge in [0, 0.05) is 12.1 Å². The summed E-state index contributed by atoms with van der Waals surface area (Å²) in [5, 5.41) is 13.0. The molecule has 1 aromatic carbocycles. The molecular formula is C19H22N2O7. The Morgan fingerprint density at radius 3 is 2.75 bits per heavy atom. The van der Waals surface area contributed by atoms with Gasteiger partial charge in [-0.2, -0.15) is 0 Å². The van der Waals surface area contributed by atoms with E-state index in [1.807, 2.05) is 13.8 Å². The summed E-state index contributed by atoms with van der Waals surface area (Å²) in [5.41, 5.74) is 1.99. The Morgan fingerprint density at radius 2 is 2.11 bits per heavy atom. The zero-order valence-electron chi connectivity index (χ0n) is 15.9. The van der Waals surface area contributed by atoms with E-state index in [0.29, 0.717) is 29.4 Å². The number of nitrogens with zero attached hydrogens (tertiary/aromatic N) is 2. The average molecular weight is 390 g/mol. The summed E-state index contributed by atoms with van der Waals surface area (Å²) in [7, 11) is 1.49. The van der Waals surface area contributed by atoms with Gasteiger partial charge in [-0.15, -0.1) is 0 Å². The number of ether oxygens (including phenoxy) is 3. The quantitative estimate of drug-likeness (QED) is 0.795. The molecule has 1 fully saturated rings. The molecule has 0 bridgehead atoms. The number of morpholine rings is 1. The Bertz CT molecular complexity index is 858. The first-order chi connectivity index (χ1) is 13.4. The number of hydrogen-bond donors (Lipinski definition) is 1. The van der Waals surface area contributed by atoms with E-state index in [-0.39, 0.29) is 25.7 Å². The van der Waals surface area contributed by atoms with Gasteiger partial charge in [0.15, 0.2) is 17.6 Å². The number of carboxylic acids is 1. The highest BCUT2D eigenvalue weighted by Gasteiger charge is 2.29. The average Bonchev–Trinajstić information content (AvgIpc) is 3.03. The van der Waals surface area contributed by atoms with E-state index in [4.69, 9.17) is 23.8 Å². The molecule has 2 heterocycles. The number of amides is 1. The lowest BCUT2D eigenvalue weighted by Crippen LogP contribution is -2.48. The summed E-state index contributed by atoms with van der Waals surface area (Å²) in [4.78, 5) is 25.3. The minimum absolute atomic E-state index is 0.000771. The molecule has 9 nitrogen and oxygen atoms in total. The highest BCUT2D eigenvalue weighted by molar-refractivity contribution is 5.95. The van der Waals surface area contributed by atoms with Gasteiger partial charge in [-0.1, -0.05) is 5.16 Å². The van der Waals surface area contributed by atoms with Crippen molar-refractivity contribution >= 4 is 11.9 Å². The Morgan fingerprint density at radius 1 is 1.32 bits per heavy atom. The van der Waals surface area contributed by atoms with Crippen molar-refractivity contribution in [2.24, 2.45) is 0 Å². The number of aliphatic carboxylic acids is 1.